The maximum Gasteiger partial charge on any atom is 0.329 e. The van der Waals surface area contributed by atoms with E-state index in [2.05, 4.69) is 15.6 Å². The Morgan fingerprint density at radius 2 is 1.91 bits per heavy atom. The topological polar surface area (TPSA) is 97.1 Å². The van der Waals surface area contributed by atoms with E-state index in [9.17, 15) is 14.7 Å². The van der Waals surface area contributed by atoms with Crippen molar-refractivity contribution >= 4 is 11.9 Å². The fourth-order valence-electron chi connectivity index (χ4n) is 2.90. The van der Waals surface area contributed by atoms with Gasteiger partial charge in [-0.05, 0) is 18.4 Å². The molecule has 1 saturated carbocycles. The summed E-state index contributed by atoms with van der Waals surface area (Å²) in [4.78, 5) is 23.8. The Labute approximate surface area is 133 Å². The van der Waals surface area contributed by atoms with Crippen LogP contribution < -0.4 is 5.32 Å². The lowest BCUT2D eigenvalue weighted by Crippen LogP contribution is -2.52. The number of hydrogen-bond donors (Lipinski definition) is 2. The van der Waals surface area contributed by atoms with Crippen LogP contribution in [0.4, 0.5) is 0 Å². The highest BCUT2D eigenvalue weighted by Crippen LogP contribution is 2.30. The summed E-state index contributed by atoms with van der Waals surface area (Å²) in [5, 5.41) is 19.8. The lowest BCUT2D eigenvalue weighted by Gasteiger charge is -2.24. The SMILES string of the molecule is O=C(NC1(C(=O)O)CCCC1)c1cn(Cc2ccccc2)nn1. The third kappa shape index (κ3) is 3.23. The van der Waals surface area contributed by atoms with Crippen LogP contribution in [-0.2, 0) is 11.3 Å². The lowest BCUT2D eigenvalue weighted by atomic mass is 9.98. The van der Waals surface area contributed by atoms with Crippen molar-refractivity contribution in [2.24, 2.45) is 0 Å². The number of benzene rings is 1. The average molecular weight is 314 g/mol. The number of hydrogen-bond acceptors (Lipinski definition) is 4. The minimum Gasteiger partial charge on any atom is -0.480 e. The van der Waals surface area contributed by atoms with Gasteiger partial charge in [-0.3, -0.25) is 4.79 Å². The number of carboxylic acid groups (broad SMARTS) is 1. The lowest BCUT2D eigenvalue weighted by molar-refractivity contribution is -0.144. The van der Waals surface area contributed by atoms with Gasteiger partial charge in [0.2, 0.25) is 0 Å². The van der Waals surface area contributed by atoms with Gasteiger partial charge in [0.05, 0.1) is 12.7 Å². The predicted octanol–water partition coefficient (Wildman–Crippen LogP) is 1.45. The Bertz CT molecular complexity index is 705. The first kappa shape index (κ1) is 15.2. The molecular weight excluding hydrogens is 296 g/mol. The van der Waals surface area contributed by atoms with Gasteiger partial charge in [0.1, 0.15) is 5.54 Å². The molecular formula is C16H18N4O3. The third-order valence-corrected chi connectivity index (χ3v) is 4.18. The van der Waals surface area contributed by atoms with E-state index in [0.29, 0.717) is 19.4 Å². The second kappa shape index (κ2) is 6.20. The standard InChI is InChI=1S/C16H18N4O3/c21-14(17-16(15(22)23)8-4-5-9-16)13-11-20(19-18-13)10-12-6-2-1-3-7-12/h1-3,6-7,11H,4-5,8-10H2,(H,17,21)(H,22,23). The fraction of sp³-hybridized carbons (Fsp3) is 0.375. The molecule has 0 radical (unpaired) electrons. The normalized spacial score (nSPS) is 16.2. The summed E-state index contributed by atoms with van der Waals surface area (Å²) in [5.74, 6) is -1.48. The van der Waals surface area contributed by atoms with Gasteiger partial charge in [0.25, 0.3) is 5.91 Å². The number of carbonyl (C=O) groups excluding carboxylic acids is 1. The molecule has 0 atom stereocenters. The van der Waals surface area contributed by atoms with Crippen LogP contribution in [0.5, 0.6) is 0 Å². The molecule has 2 aromatic rings. The molecule has 0 aliphatic heterocycles. The van der Waals surface area contributed by atoms with Crippen LogP contribution >= 0.6 is 0 Å². The first-order valence-corrected chi connectivity index (χ1v) is 7.59. The molecule has 120 valence electrons. The van der Waals surface area contributed by atoms with E-state index < -0.39 is 17.4 Å². The smallest absolute Gasteiger partial charge is 0.329 e. The zero-order valence-corrected chi connectivity index (χ0v) is 12.6. The summed E-state index contributed by atoms with van der Waals surface area (Å²) in [6, 6.07) is 9.70. The second-order valence-electron chi connectivity index (χ2n) is 5.84. The van der Waals surface area contributed by atoms with Crippen molar-refractivity contribution in [3.63, 3.8) is 0 Å². The van der Waals surface area contributed by atoms with Gasteiger partial charge in [0, 0.05) is 0 Å². The molecule has 0 spiro atoms. The number of aliphatic carboxylic acids is 1. The summed E-state index contributed by atoms with van der Waals surface area (Å²) in [7, 11) is 0. The number of nitrogens with zero attached hydrogens (tertiary/aromatic N) is 3. The van der Waals surface area contributed by atoms with E-state index in [0.717, 1.165) is 18.4 Å². The number of carbonyl (C=O) groups is 2. The van der Waals surface area contributed by atoms with Crippen molar-refractivity contribution in [3.8, 4) is 0 Å². The number of rotatable bonds is 5. The van der Waals surface area contributed by atoms with E-state index in [4.69, 9.17) is 0 Å². The van der Waals surface area contributed by atoms with Gasteiger partial charge in [-0.2, -0.15) is 0 Å². The van der Waals surface area contributed by atoms with Crippen molar-refractivity contribution < 1.29 is 14.7 Å². The molecule has 3 rings (SSSR count). The molecule has 1 heterocycles. The molecule has 7 nitrogen and oxygen atoms in total. The summed E-state index contributed by atoms with van der Waals surface area (Å²) in [6.07, 6.45) is 4.03. The Kier molecular flexibility index (Phi) is 4.10. The summed E-state index contributed by atoms with van der Waals surface area (Å²) < 4.78 is 1.56. The third-order valence-electron chi connectivity index (χ3n) is 4.18. The van der Waals surface area contributed by atoms with Crippen molar-refractivity contribution in [1.82, 2.24) is 20.3 Å². The highest BCUT2D eigenvalue weighted by atomic mass is 16.4. The van der Waals surface area contributed by atoms with Crippen LogP contribution in [0.25, 0.3) is 0 Å². The molecule has 1 aliphatic carbocycles. The van der Waals surface area contributed by atoms with Crippen LogP contribution in [0.15, 0.2) is 36.5 Å². The first-order chi connectivity index (χ1) is 11.1. The van der Waals surface area contributed by atoms with E-state index in [1.807, 2.05) is 30.3 Å². The van der Waals surface area contributed by atoms with Crippen LogP contribution in [-0.4, -0.2) is 37.5 Å². The van der Waals surface area contributed by atoms with E-state index in [1.54, 1.807) is 4.68 Å². The second-order valence-corrected chi connectivity index (χ2v) is 5.84. The molecule has 2 N–H and O–H groups in total. The van der Waals surface area contributed by atoms with Gasteiger partial charge in [0.15, 0.2) is 5.69 Å². The molecule has 0 saturated heterocycles. The highest BCUT2D eigenvalue weighted by Gasteiger charge is 2.43. The molecule has 0 bridgehead atoms. The molecule has 1 amide bonds. The highest BCUT2D eigenvalue weighted by molar-refractivity contribution is 5.96. The fourth-order valence-corrected chi connectivity index (χ4v) is 2.90. The predicted molar refractivity (Wildman–Crippen MR) is 81.9 cm³/mol. The zero-order valence-electron chi connectivity index (χ0n) is 12.6. The van der Waals surface area contributed by atoms with Crippen molar-refractivity contribution in [3.05, 3.63) is 47.8 Å². The molecule has 23 heavy (non-hydrogen) atoms. The zero-order chi connectivity index (χ0) is 16.3. The van der Waals surface area contributed by atoms with Gasteiger partial charge in [-0.25, -0.2) is 9.48 Å². The van der Waals surface area contributed by atoms with Crippen molar-refractivity contribution in [2.75, 3.05) is 0 Å². The Morgan fingerprint density at radius 3 is 2.57 bits per heavy atom. The summed E-state index contributed by atoms with van der Waals surface area (Å²) in [6.45, 7) is 0.505. The van der Waals surface area contributed by atoms with Gasteiger partial charge in [-0.15, -0.1) is 5.10 Å². The average Bonchev–Trinajstić information content (AvgIpc) is 3.18. The van der Waals surface area contributed by atoms with Crippen LogP contribution in [0.3, 0.4) is 0 Å². The Hall–Kier alpha value is -2.70. The Morgan fingerprint density at radius 1 is 1.22 bits per heavy atom. The van der Waals surface area contributed by atoms with Gasteiger partial charge < -0.3 is 10.4 Å². The number of nitrogens with one attached hydrogen (secondary N) is 1. The molecule has 7 heteroatoms. The first-order valence-electron chi connectivity index (χ1n) is 7.59. The van der Waals surface area contributed by atoms with Crippen LogP contribution in [0.2, 0.25) is 0 Å². The van der Waals surface area contributed by atoms with E-state index >= 15 is 0 Å². The maximum atomic E-state index is 12.3. The molecule has 1 aromatic heterocycles. The van der Waals surface area contributed by atoms with Gasteiger partial charge in [-0.1, -0.05) is 48.4 Å². The van der Waals surface area contributed by atoms with Crippen LogP contribution in [0.1, 0.15) is 41.7 Å². The monoisotopic (exact) mass is 314 g/mol. The summed E-state index contributed by atoms with van der Waals surface area (Å²) in [5.41, 5.74) is 0.0101. The molecule has 1 aromatic carbocycles. The number of carboxylic acids is 1. The largest absolute Gasteiger partial charge is 0.480 e. The van der Waals surface area contributed by atoms with Crippen LogP contribution in [0, 0.1) is 0 Å². The quantitative estimate of drug-likeness (QED) is 0.870. The maximum absolute atomic E-state index is 12.3. The Balaban J connectivity index is 1.70. The molecule has 1 aliphatic rings. The summed E-state index contributed by atoms with van der Waals surface area (Å²) >= 11 is 0. The van der Waals surface area contributed by atoms with Crippen molar-refractivity contribution in [2.45, 2.75) is 37.8 Å². The molecule has 0 unspecified atom stereocenters. The van der Waals surface area contributed by atoms with E-state index in [-0.39, 0.29) is 5.69 Å². The van der Waals surface area contributed by atoms with E-state index in [1.165, 1.54) is 6.20 Å². The van der Waals surface area contributed by atoms with Gasteiger partial charge >= 0.3 is 5.97 Å². The number of aromatic nitrogens is 3. The molecule has 1 fully saturated rings. The minimum atomic E-state index is -1.17. The van der Waals surface area contributed by atoms with Crippen molar-refractivity contribution in [1.29, 1.82) is 0 Å². The number of amides is 1. The minimum absolute atomic E-state index is 0.133.